The summed E-state index contributed by atoms with van der Waals surface area (Å²) in [6, 6.07) is 0.867. The van der Waals surface area contributed by atoms with Crippen LogP contribution in [-0.2, 0) is 10.9 Å². The lowest BCUT2D eigenvalue weighted by Gasteiger charge is -2.10. The first-order valence-corrected chi connectivity index (χ1v) is 5.78. The molecule has 0 bridgehead atoms. The van der Waals surface area contributed by atoms with Crippen LogP contribution >= 0.6 is 11.6 Å². The van der Waals surface area contributed by atoms with Crippen molar-refractivity contribution in [1.82, 2.24) is 4.98 Å². The Hall–Kier alpha value is -1.01. The number of hydrogen-bond donors (Lipinski definition) is 1. The third-order valence-corrected chi connectivity index (χ3v) is 2.52. The Bertz CT molecular complexity index is 385. The van der Waals surface area contributed by atoms with E-state index in [2.05, 4.69) is 10.3 Å². The zero-order chi connectivity index (χ0) is 13.6. The van der Waals surface area contributed by atoms with E-state index in [1.165, 1.54) is 0 Å². The van der Waals surface area contributed by atoms with E-state index in [-0.39, 0.29) is 10.8 Å². The van der Waals surface area contributed by atoms with Crippen molar-refractivity contribution in [2.24, 2.45) is 0 Å². The minimum Gasteiger partial charge on any atom is -0.385 e. The smallest absolute Gasteiger partial charge is 0.385 e. The molecule has 0 fully saturated rings. The Balaban J connectivity index is 2.53. The molecular weight excluding hydrogens is 269 g/mol. The third-order valence-electron chi connectivity index (χ3n) is 2.24. The second kappa shape index (κ2) is 6.80. The molecule has 7 heteroatoms. The van der Waals surface area contributed by atoms with Gasteiger partial charge in [-0.05, 0) is 18.9 Å². The fourth-order valence-electron chi connectivity index (χ4n) is 1.30. The minimum absolute atomic E-state index is 0.0310. The van der Waals surface area contributed by atoms with Gasteiger partial charge in [0.15, 0.2) is 0 Å². The van der Waals surface area contributed by atoms with Crippen molar-refractivity contribution in [3.8, 4) is 0 Å². The predicted molar refractivity (Wildman–Crippen MR) is 63.8 cm³/mol. The average molecular weight is 283 g/mol. The van der Waals surface area contributed by atoms with Gasteiger partial charge in [0.05, 0.1) is 10.6 Å². The van der Waals surface area contributed by atoms with Crippen molar-refractivity contribution >= 4 is 17.4 Å². The van der Waals surface area contributed by atoms with Crippen LogP contribution in [0.2, 0.25) is 5.02 Å². The highest BCUT2D eigenvalue weighted by Crippen LogP contribution is 2.32. The van der Waals surface area contributed by atoms with Crippen LogP contribution in [0.25, 0.3) is 0 Å². The van der Waals surface area contributed by atoms with E-state index in [4.69, 9.17) is 16.3 Å². The summed E-state index contributed by atoms with van der Waals surface area (Å²) in [5.41, 5.74) is -0.850. The van der Waals surface area contributed by atoms with Gasteiger partial charge in [-0.2, -0.15) is 13.2 Å². The molecule has 0 radical (unpaired) electrons. The van der Waals surface area contributed by atoms with Crippen LogP contribution in [0.5, 0.6) is 0 Å². The van der Waals surface area contributed by atoms with Crippen molar-refractivity contribution in [3.05, 3.63) is 22.8 Å². The van der Waals surface area contributed by atoms with Crippen molar-refractivity contribution in [2.45, 2.75) is 19.0 Å². The second-order valence-electron chi connectivity index (χ2n) is 3.68. The van der Waals surface area contributed by atoms with Crippen LogP contribution in [-0.4, -0.2) is 25.2 Å². The zero-order valence-electron chi connectivity index (χ0n) is 9.85. The fraction of sp³-hybridized carbons (Fsp3) is 0.545. The number of aromatic nitrogens is 1. The minimum atomic E-state index is -4.42. The number of anilines is 1. The molecule has 0 aliphatic rings. The molecule has 0 saturated heterocycles. The standard InChI is InChI=1S/C11H14ClF3N2O/c1-18-5-3-2-4-16-10-9(12)6-8(7-17-10)11(13,14)15/h6-7H,2-5H2,1H3,(H,16,17). The Morgan fingerprint density at radius 1 is 1.39 bits per heavy atom. The van der Waals surface area contributed by atoms with Crippen LogP contribution in [0.3, 0.4) is 0 Å². The number of nitrogens with one attached hydrogen (secondary N) is 1. The monoisotopic (exact) mass is 282 g/mol. The Kier molecular flexibility index (Phi) is 5.68. The Labute approximate surface area is 108 Å². The van der Waals surface area contributed by atoms with Gasteiger partial charge in [-0.1, -0.05) is 11.6 Å². The number of halogens is 4. The molecule has 0 aliphatic heterocycles. The van der Waals surface area contributed by atoms with E-state index in [1.807, 2.05) is 0 Å². The molecule has 102 valence electrons. The van der Waals surface area contributed by atoms with Crippen molar-refractivity contribution < 1.29 is 17.9 Å². The van der Waals surface area contributed by atoms with E-state index < -0.39 is 11.7 Å². The summed E-state index contributed by atoms with van der Waals surface area (Å²) in [5, 5.41) is 2.85. The predicted octanol–water partition coefficient (Wildman–Crippen LogP) is 3.59. The molecular formula is C11H14ClF3N2O. The number of methoxy groups -OCH3 is 1. The summed E-state index contributed by atoms with van der Waals surface area (Å²) in [4.78, 5) is 3.67. The molecule has 0 aromatic carbocycles. The van der Waals surface area contributed by atoms with Crippen LogP contribution in [0, 0.1) is 0 Å². The summed E-state index contributed by atoms with van der Waals surface area (Å²) in [6.07, 6.45) is -1.97. The summed E-state index contributed by atoms with van der Waals surface area (Å²) in [5.74, 6) is 0.266. The van der Waals surface area contributed by atoms with Crippen molar-refractivity contribution in [2.75, 3.05) is 25.6 Å². The number of ether oxygens (including phenoxy) is 1. The zero-order valence-corrected chi connectivity index (χ0v) is 10.6. The highest BCUT2D eigenvalue weighted by molar-refractivity contribution is 6.32. The highest BCUT2D eigenvalue weighted by atomic mass is 35.5. The topological polar surface area (TPSA) is 34.1 Å². The molecule has 0 atom stereocenters. The summed E-state index contributed by atoms with van der Waals surface area (Å²) < 4.78 is 42.0. The van der Waals surface area contributed by atoms with Crippen LogP contribution in [0.1, 0.15) is 18.4 Å². The first-order chi connectivity index (χ1) is 8.45. The van der Waals surface area contributed by atoms with E-state index in [1.54, 1.807) is 7.11 Å². The molecule has 1 aromatic heterocycles. The summed E-state index contributed by atoms with van der Waals surface area (Å²) in [7, 11) is 1.61. The van der Waals surface area contributed by atoms with Gasteiger partial charge in [0.1, 0.15) is 5.82 Å². The Morgan fingerprint density at radius 2 is 2.11 bits per heavy atom. The fourth-order valence-corrected chi connectivity index (χ4v) is 1.53. The van der Waals surface area contributed by atoms with Gasteiger partial charge in [0, 0.05) is 26.5 Å². The molecule has 1 N–H and O–H groups in total. The molecule has 1 rings (SSSR count). The van der Waals surface area contributed by atoms with Crippen LogP contribution in [0.15, 0.2) is 12.3 Å². The number of nitrogens with zero attached hydrogens (tertiary/aromatic N) is 1. The highest BCUT2D eigenvalue weighted by Gasteiger charge is 2.31. The molecule has 0 amide bonds. The van der Waals surface area contributed by atoms with E-state index in [0.29, 0.717) is 13.2 Å². The number of alkyl halides is 3. The van der Waals surface area contributed by atoms with Crippen LogP contribution in [0.4, 0.5) is 19.0 Å². The summed E-state index contributed by atoms with van der Waals surface area (Å²) >= 11 is 5.73. The SMILES string of the molecule is COCCCCNc1ncc(C(F)(F)F)cc1Cl. The van der Waals surface area contributed by atoms with Gasteiger partial charge in [0.2, 0.25) is 0 Å². The molecule has 1 heterocycles. The van der Waals surface area contributed by atoms with E-state index in [0.717, 1.165) is 25.1 Å². The molecule has 0 spiro atoms. The van der Waals surface area contributed by atoms with E-state index in [9.17, 15) is 13.2 Å². The maximum absolute atomic E-state index is 12.4. The van der Waals surface area contributed by atoms with E-state index >= 15 is 0 Å². The van der Waals surface area contributed by atoms with Gasteiger partial charge in [-0.25, -0.2) is 4.98 Å². The third kappa shape index (κ3) is 4.70. The first kappa shape index (κ1) is 15.0. The normalized spacial score (nSPS) is 11.6. The number of hydrogen-bond acceptors (Lipinski definition) is 3. The molecule has 0 aliphatic carbocycles. The lowest BCUT2D eigenvalue weighted by Crippen LogP contribution is -2.09. The Morgan fingerprint density at radius 3 is 2.67 bits per heavy atom. The molecule has 1 aromatic rings. The number of pyridine rings is 1. The van der Waals surface area contributed by atoms with Gasteiger partial charge in [-0.3, -0.25) is 0 Å². The maximum atomic E-state index is 12.4. The van der Waals surface area contributed by atoms with Crippen molar-refractivity contribution in [3.63, 3.8) is 0 Å². The van der Waals surface area contributed by atoms with Gasteiger partial charge in [-0.15, -0.1) is 0 Å². The van der Waals surface area contributed by atoms with Gasteiger partial charge >= 0.3 is 6.18 Å². The quantitative estimate of drug-likeness (QED) is 0.810. The molecule has 0 saturated carbocycles. The number of unbranched alkanes of at least 4 members (excludes halogenated alkanes) is 1. The second-order valence-corrected chi connectivity index (χ2v) is 4.09. The van der Waals surface area contributed by atoms with Gasteiger partial charge in [0.25, 0.3) is 0 Å². The van der Waals surface area contributed by atoms with Crippen molar-refractivity contribution in [1.29, 1.82) is 0 Å². The summed E-state index contributed by atoms with van der Waals surface area (Å²) in [6.45, 7) is 1.23. The first-order valence-electron chi connectivity index (χ1n) is 5.40. The number of rotatable bonds is 6. The lowest BCUT2D eigenvalue weighted by molar-refractivity contribution is -0.137. The average Bonchev–Trinajstić information content (AvgIpc) is 2.29. The van der Waals surface area contributed by atoms with Crippen LogP contribution < -0.4 is 5.32 Å². The maximum Gasteiger partial charge on any atom is 0.417 e. The molecule has 3 nitrogen and oxygen atoms in total. The van der Waals surface area contributed by atoms with Gasteiger partial charge < -0.3 is 10.1 Å². The largest absolute Gasteiger partial charge is 0.417 e. The molecule has 0 unspecified atom stereocenters. The molecule has 18 heavy (non-hydrogen) atoms. The lowest BCUT2D eigenvalue weighted by atomic mass is 10.2.